The zero-order chi connectivity index (χ0) is 19.7. The third-order valence-corrected chi connectivity index (χ3v) is 3.71. The molecule has 2 amide bonds. The van der Waals surface area contributed by atoms with Crippen molar-refractivity contribution < 1.29 is 19.1 Å². The standard InChI is InChI=1S/C20H32N2O4/c1-14(2)18(15-9-11-16(25-6)12-10-15)22-17(23)8-7-13-21-19(24)26-20(3,4)5/h9-12,14,18H,7-8,13H2,1-6H3,(H,21,24)(H,22,23). The Bertz CT molecular complexity index is 576. The Morgan fingerprint density at radius 2 is 1.73 bits per heavy atom. The molecular weight excluding hydrogens is 332 g/mol. The van der Waals surface area contributed by atoms with E-state index in [9.17, 15) is 9.59 Å². The first-order valence-corrected chi connectivity index (χ1v) is 9.02. The van der Waals surface area contributed by atoms with E-state index < -0.39 is 11.7 Å². The molecule has 0 aliphatic rings. The van der Waals surface area contributed by atoms with Gasteiger partial charge in [-0.15, -0.1) is 0 Å². The number of alkyl carbamates (subject to hydrolysis) is 1. The Kier molecular flexibility index (Phi) is 8.42. The molecule has 0 fully saturated rings. The smallest absolute Gasteiger partial charge is 0.407 e. The van der Waals surface area contributed by atoms with Gasteiger partial charge in [0.15, 0.2) is 0 Å². The second kappa shape index (κ2) is 10.0. The monoisotopic (exact) mass is 364 g/mol. The second-order valence-electron chi connectivity index (χ2n) is 7.59. The molecule has 0 aliphatic heterocycles. The molecule has 2 N–H and O–H groups in total. The molecule has 0 aliphatic carbocycles. The maximum absolute atomic E-state index is 12.2. The van der Waals surface area contributed by atoms with Gasteiger partial charge in [0.2, 0.25) is 5.91 Å². The largest absolute Gasteiger partial charge is 0.497 e. The Hall–Kier alpha value is -2.24. The van der Waals surface area contributed by atoms with Crippen molar-refractivity contribution >= 4 is 12.0 Å². The summed E-state index contributed by atoms with van der Waals surface area (Å²) in [6.07, 6.45) is 0.435. The van der Waals surface area contributed by atoms with E-state index in [1.54, 1.807) is 7.11 Å². The van der Waals surface area contributed by atoms with Gasteiger partial charge in [-0.2, -0.15) is 0 Å². The minimum Gasteiger partial charge on any atom is -0.497 e. The van der Waals surface area contributed by atoms with E-state index in [0.717, 1.165) is 11.3 Å². The molecule has 0 heterocycles. The van der Waals surface area contributed by atoms with Crippen LogP contribution in [0.1, 0.15) is 59.1 Å². The van der Waals surface area contributed by atoms with Crippen LogP contribution >= 0.6 is 0 Å². The Morgan fingerprint density at radius 3 is 2.23 bits per heavy atom. The summed E-state index contributed by atoms with van der Waals surface area (Å²) >= 11 is 0. The third kappa shape index (κ3) is 8.23. The number of rotatable bonds is 8. The average molecular weight is 364 g/mol. The lowest BCUT2D eigenvalue weighted by atomic mass is 9.95. The lowest BCUT2D eigenvalue weighted by Crippen LogP contribution is -2.34. The minimum atomic E-state index is -0.524. The van der Waals surface area contributed by atoms with Crippen LogP contribution in [0, 0.1) is 5.92 Å². The Balaban J connectivity index is 2.44. The highest BCUT2D eigenvalue weighted by molar-refractivity contribution is 5.76. The molecule has 1 aromatic carbocycles. The molecule has 0 saturated heterocycles. The first-order valence-electron chi connectivity index (χ1n) is 9.02. The predicted octanol–water partition coefficient (Wildman–Crippen LogP) is 3.81. The number of carbonyl (C=O) groups excluding carboxylic acids is 2. The van der Waals surface area contributed by atoms with Crippen molar-refractivity contribution in [2.24, 2.45) is 5.92 Å². The van der Waals surface area contributed by atoms with Gasteiger partial charge in [0.05, 0.1) is 13.2 Å². The average Bonchev–Trinajstić information content (AvgIpc) is 2.55. The zero-order valence-electron chi connectivity index (χ0n) is 16.7. The van der Waals surface area contributed by atoms with Gasteiger partial charge in [-0.05, 0) is 50.8 Å². The molecule has 0 bridgehead atoms. The number of hydrogen-bond donors (Lipinski definition) is 2. The molecule has 1 rings (SSSR count). The van der Waals surface area contributed by atoms with Crippen molar-refractivity contribution in [1.29, 1.82) is 0 Å². The van der Waals surface area contributed by atoms with Gasteiger partial charge in [0.1, 0.15) is 11.4 Å². The van der Waals surface area contributed by atoms with Crippen molar-refractivity contribution in [2.45, 2.75) is 59.1 Å². The van der Waals surface area contributed by atoms with Crippen molar-refractivity contribution in [2.75, 3.05) is 13.7 Å². The molecular formula is C20H32N2O4. The molecule has 0 spiro atoms. The molecule has 0 aromatic heterocycles. The van der Waals surface area contributed by atoms with Crippen LogP contribution < -0.4 is 15.4 Å². The van der Waals surface area contributed by atoms with Crippen LogP contribution in [0.25, 0.3) is 0 Å². The van der Waals surface area contributed by atoms with Crippen LogP contribution in [0.4, 0.5) is 4.79 Å². The lowest BCUT2D eigenvalue weighted by molar-refractivity contribution is -0.122. The summed E-state index contributed by atoms with van der Waals surface area (Å²) in [6.45, 7) is 9.97. The normalized spacial score (nSPS) is 12.4. The van der Waals surface area contributed by atoms with Crippen molar-refractivity contribution in [3.05, 3.63) is 29.8 Å². The van der Waals surface area contributed by atoms with Gasteiger partial charge in [-0.3, -0.25) is 4.79 Å². The number of hydrogen-bond acceptors (Lipinski definition) is 4. The summed E-state index contributed by atoms with van der Waals surface area (Å²) in [4.78, 5) is 23.8. The minimum absolute atomic E-state index is 0.0366. The predicted molar refractivity (Wildman–Crippen MR) is 102 cm³/mol. The number of benzene rings is 1. The van der Waals surface area contributed by atoms with Crippen molar-refractivity contribution in [3.8, 4) is 5.75 Å². The molecule has 0 saturated carbocycles. The van der Waals surface area contributed by atoms with E-state index in [1.807, 2.05) is 45.0 Å². The van der Waals surface area contributed by atoms with E-state index in [4.69, 9.17) is 9.47 Å². The van der Waals surface area contributed by atoms with Gasteiger partial charge in [0.25, 0.3) is 0 Å². The maximum atomic E-state index is 12.2. The van der Waals surface area contributed by atoms with Crippen LogP contribution in [0.2, 0.25) is 0 Å². The van der Waals surface area contributed by atoms with Gasteiger partial charge in [0, 0.05) is 13.0 Å². The number of ether oxygens (including phenoxy) is 2. The molecule has 1 unspecified atom stereocenters. The molecule has 0 radical (unpaired) electrons. The molecule has 6 nitrogen and oxygen atoms in total. The number of nitrogens with one attached hydrogen (secondary N) is 2. The van der Waals surface area contributed by atoms with E-state index in [0.29, 0.717) is 19.4 Å². The summed E-state index contributed by atoms with van der Waals surface area (Å²) in [7, 11) is 1.63. The van der Waals surface area contributed by atoms with E-state index in [-0.39, 0.29) is 17.9 Å². The highest BCUT2D eigenvalue weighted by Gasteiger charge is 2.19. The SMILES string of the molecule is COc1ccc(C(NC(=O)CCCNC(=O)OC(C)(C)C)C(C)C)cc1. The number of amides is 2. The summed E-state index contributed by atoms with van der Waals surface area (Å²) in [5, 5.41) is 5.73. The fourth-order valence-electron chi connectivity index (χ4n) is 2.45. The van der Waals surface area contributed by atoms with E-state index in [1.165, 1.54) is 0 Å². The van der Waals surface area contributed by atoms with Crippen LogP contribution in [0.5, 0.6) is 5.75 Å². The van der Waals surface area contributed by atoms with Crippen molar-refractivity contribution in [3.63, 3.8) is 0 Å². The van der Waals surface area contributed by atoms with E-state index in [2.05, 4.69) is 24.5 Å². The molecule has 1 aromatic rings. The lowest BCUT2D eigenvalue weighted by Gasteiger charge is -2.23. The highest BCUT2D eigenvalue weighted by Crippen LogP contribution is 2.24. The summed E-state index contributed by atoms with van der Waals surface area (Å²) < 4.78 is 10.3. The van der Waals surface area contributed by atoms with Gasteiger partial charge in [-0.25, -0.2) is 4.79 Å². The fraction of sp³-hybridized carbons (Fsp3) is 0.600. The van der Waals surface area contributed by atoms with E-state index >= 15 is 0 Å². The van der Waals surface area contributed by atoms with Gasteiger partial charge in [-0.1, -0.05) is 26.0 Å². The molecule has 26 heavy (non-hydrogen) atoms. The number of methoxy groups -OCH3 is 1. The van der Waals surface area contributed by atoms with Gasteiger partial charge >= 0.3 is 6.09 Å². The Morgan fingerprint density at radius 1 is 1.12 bits per heavy atom. The van der Waals surface area contributed by atoms with Crippen LogP contribution in [0.3, 0.4) is 0 Å². The second-order valence-corrected chi connectivity index (χ2v) is 7.59. The van der Waals surface area contributed by atoms with Crippen LogP contribution in [-0.2, 0) is 9.53 Å². The fourth-order valence-corrected chi connectivity index (χ4v) is 2.45. The topological polar surface area (TPSA) is 76.7 Å². The summed E-state index contributed by atoms with van der Waals surface area (Å²) in [5.74, 6) is 1.01. The highest BCUT2D eigenvalue weighted by atomic mass is 16.6. The van der Waals surface area contributed by atoms with Gasteiger partial charge < -0.3 is 20.1 Å². The summed E-state index contributed by atoms with van der Waals surface area (Å²) in [6, 6.07) is 7.65. The first-order chi connectivity index (χ1) is 12.1. The first kappa shape index (κ1) is 21.8. The molecule has 6 heteroatoms. The summed E-state index contributed by atoms with van der Waals surface area (Å²) in [5.41, 5.74) is 0.519. The maximum Gasteiger partial charge on any atom is 0.407 e. The molecule has 146 valence electrons. The number of carbonyl (C=O) groups is 2. The Labute approximate surface area is 156 Å². The third-order valence-electron chi connectivity index (χ3n) is 3.71. The van der Waals surface area contributed by atoms with Crippen LogP contribution in [0.15, 0.2) is 24.3 Å². The van der Waals surface area contributed by atoms with Crippen molar-refractivity contribution in [1.82, 2.24) is 10.6 Å². The zero-order valence-corrected chi connectivity index (χ0v) is 16.7. The quantitative estimate of drug-likeness (QED) is 0.688. The molecule has 1 atom stereocenters. The van der Waals surface area contributed by atoms with Crippen LogP contribution in [-0.4, -0.2) is 31.3 Å².